The third-order valence-corrected chi connectivity index (χ3v) is 3.13. The molecule has 0 aliphatic carbocycles. The van der Waals surface area contributed by atoms with Crippen molar-refractivity contribution in [2.75, 3.05) is 0 Å². The number of rotatable bonds is 4. The summed E-state index contributed by atoms with van der Waals surface area (Å²) in [6.45, 7) is 0.492. The van der Waals surface area contributed by atoms with Gasteiger partial charge in [-0.05, 0) is 23.8 Å². The van der Waals surface area contributed by atoms with Gasteiger partial charge >= 0.3 is 0 Å². The molecule has 1 amide bonds. The van der Waals surface area contributed by atoms with Crippen LogP contribution in [0, 0.1) is 0 Å². The van der Waals surface area contributed by atoms with Crippen molar-refractivity contribution in [2.24, 2.45) is 5.73 Å². The zero-order chi connectivity index (χ0) is 14.7. The smallest absolute Gasteiger partial charge is 0.267 e. The van der Waals surface area contributed by atoms with E-state index in [1.54, 1.807) is 16.9 Å². The number of hydrogen-bond donors (Lipinski definition) is 1. The number of carbonyl (C=O) groups is 1. The normalized spacial score (nSPS) is 10.5. The van der Waals surface area contributed by atoms with Gasteiger partial charge in [-0.25, -0.2) is 0 Å². The summed E-state index contributed by atoms with van der Waals surface area (Å²) in [5.74, 6) is -0.499. The Morgan fingerprint density at radius 2 is 1.81 bits per heavy atom. The van der Waals surface area contributed by atoms with Crippen molar-refractivity contribution >= 4 is 5.91 Å². The monoisotopic (exact) mass is 278 g/mol. The molecule has 0 spiro atoms. The number of hydrogen-bond acceptors (Lipinski definition) is 3. The Morgan fingerprint density at radius 3 is 2.48 bits per heavy atom. The Balaban J connectivity index is 2.00. The van der Waals surface area contributed by atoms with Gasteiger partial charge in [0.2, 0.25) is 0 Å². The van der Waals surface area contributed by atoms with E-state index >= 15 is 0 Å². The zero-order valence-corrected chi connectivity index (χ0v) is 11.3. The van der Waals surface area contributed by atoms with Gasteiger partial charge in [0, 0.05) is 6.20 Å². The van der Waals surface area contributed by atoms with Crippen LogP contribution in [0.5, 0.6) is 0 Å². The maximum Gasteiger partial charge on any atom is 0.267 e. The van der Waals surface area contributed by atoms with Crippen LogP contribution in [0.4, 0.5) is 0 Å². The van der Waals surface area contributed by atoms with Gasteiger partial charge in [-0.15, -0.1) is 0 Å². The lowest BCUT2D eigenvalue weighted by Crippen LogP contribution is -2.18. The van der Waals surface area contributed by atoms with Crippen molar-refractivity contribution < 1.29 is 4.79 Å². The van der Waals surface area contributed by atoms with Gasteiger partial charge in [0.05, 0.1) is 12.2 Å². The maximum atomic E-state index is 11.6. The minimum atomic E-state index is -0.499. The molecule has 0 unspecified atom stereocenters. The third-order valence-electron chi connectivity index (χ3n) is 3.13. The Morgan fingerprint density at radius 1 is 1.05 bits per heavy atom. The molecule has 0 aliphatic heterocycles. The lowest BCUT2D eigenvalue weighted by Gasteiger charge is -2.04. The van der Waals surface area contributed by atoms with E-state index in [0.29, 0.717) is 23.6 Å². The van der Waals surface area contributed by atoms with Crippen LogP contribution in [-0.4, -0.2) is 20.7 Å². The summed E-state index contributed by atoms with van der Waals surface area (Å²) in [4.78, 5) is 15.8. The molecular formula is C16H14N4O. The second-order valence-corrected chi connectivity index (χ2v) is 4.64. The Hall–Kier alpha value is -2.95. The zero-order valence-electron chi connectivity index (χ0n) is 11.3. The summed E-state index contributed by atoms with van der Waals surface area (Å²) < 4.78 is 1.61. The van der Waals surface area contributed by atoms with E-state index in [-0.39, 0.29) is 0 Å². The van der Waals surface area contributed by atoms with Crippen LogP contribution in [0.1, 0.15) is 16.1 Å². The Labute approximate surface area is 122 Å². The number of benzene rings is 1. The van der Waals surface area contributed by atoms with E-state index in [4.69, 9.17) is 5.73 Å². The van der Waals surface area contributed by atoms with Crippen LogP contribution in [-0.2, 0) is 6.54 Å². The Kier molecular flexibility index (Phi) is 3.47. The quantitative estimate of drug-likeness (QED) is 0.794. The number of primary amides is 1. The second-order valence-electron chi connectivity index (χ2n) is 4.64. The lowest BCUT2D eigenvalue weighted by atomic mass is 10.2. The number of nitrogens with zero attached hydrogens (tertiary/aromatic N) is 3. The largest absolute Gasteiger partial charge is 0.364 e. The number of amides is 1. The SMILES string of the molecule is NC(=O)c1cc(-c2ccccn2)nn1Cc1ccccc1. The molecular weight excluding hydrogens is 264 g/mol. The van der Waals surface area contributed by atoms with Crippen LogP contribution in [0.15, 0.2) is 60.8 Å². The molecule has 0 bridgehead atoms. The fourth-order valence-corrected chi connectivity index (χ4v) is 2.13. The summed E-state index contributed by atoms with van der Waals surface area (Å²) in [6.07, 6.45) is 1.69. The molecule has 0 fully saturated rings. The predicted octanol–water partition coefficient (Wildman–Crippen LogP) is 2.09. The molecule has 5 nitrogen and oxygen atoms in total. The summed E-state index contributed by atoms with van der Waals surface area (Å²) in [5.41, 5.74) is 8.22. The number of nitrogens with two attached hydrogens (primary N) is 1. The number of aromatic nitrogens is 3. The fraction of sp³-hybridized carbons (Fsp3) is 0.0625. The third kappa shape index (κ3) is 2.81. The van der Waals surface area contributed by atoms with Crippen molar-refractivity contribution in [3.8, 4) is 11.4 Å². The highest BCUT2D eigenvalue weighted by Crippen LogP contribution is 2.17. The first kappa shape index (κ1) is 13.1. The highest BCUT2D eigenvalue weighted by atomic mass is 16.1. The van der Waals surface area contributed by atoms with Crippen molar-refractivity contribution in [1.82, 2.24) is 14.8 Å². The fourth-order valence-electron chi connectivity index (χ4n) is 2.13. The van der Waals surface area contributed by atoms with Crippen LogP contribution in [0.3, 0.4) is 0 Å². The summed E-state index contributed by atoms with van der Waals surface area (Å²) in [6, 6.07) is 17.0. The molecule has 2 N–H and O–H groups in total. The highest BCUT2D eigenvalue weighted by molar-refractivity contribution is 5.92. The molecule has 2 heterocycles. The van der Waals surface area contributed by atoms with Gasteiger partial charge < -0.3 is 5.73 Å². The molecule has 3 aromatic rings. The maximum absolute atomic E-state index is 11.6. The summed E-state index contributed by atoms with van der Waals surface area (Å²) >= 11 is 0. The first-order chi connectivity index (χ1) is 10.2. The topological polar surface area (TPSA) is 73.8 Å². The molecule has 0 saturated heterocycles. The van der Waals surface area contributed by atoms with E-state index in [1.165, 1.54) is 0 Å². The van der Waals surface area contributed by atoms with Gasteiger partial charge in [0.15, 0.2) is 0 Å². The standard InChI is InChI=1S/C16H14N4O/c17-16(21)15-10-14(13-8-4-5-9-18-13)19-20(15)11-12-6-2-1-3-7-12/h1-10H,11H2,(H2,17,21). The molecule has 5 heteroatoms. The average Bonchev–Trinajstić information content (AvgIpc) is 2.93. The molecule has 104 valence electrons. The van der Waals surface area contributed by atoms with Gasteiger partial charge in [-0.1, -0.05) is 36.4 Å². The van der Waals surface area contributed by atoms with Gasteiger partial charge in [-0.2, -0.15) is 5.10 Å². The summed E-state index contributed by atoms with van der Waals surface area (Å²) in [7, 11) is 0. The van der Waals surface area contributed by atoms with E-state index in [1.807, 2.05) is 48.5 Å². The first-order valence-corrected chi connectivity index (χ1v) is 6.57. The molecule has 0 saturated carbocycles. The van der Waals surface area contributed by atoms with Crippen molar-refractivity contribution in [3.05, 3.63) is 72.1 Å². The molecule has 0 atom stereocenters. The van der Waals surface area contributed by atoms with Crippen LogP contribution < -0.4 is 5.73 Å². The van der Waals surface area contributed by atoms with Crippen LogP contribution in [0.2, 0.25) is 0 Å². The first-order valence-electron chi connectivity index (χ1n) is 6.57. The predicted molar refractivity (Wildman–Crippen MR) is 79.5 cm³/mol. The second kappa shape index (κ2) is 5.58. The van der Waals surface area contributed by atoms with Crippen molar-refractivity contribution in [3.63, 3.8) is 0 Å². The van der Waals surface area contributed by atoms with Crippen molar-refractivity contribution in [2.45, 2.75) is 6.54 Å². The van der Waals surface area contributed by atoms with Gasteiger partial charge in [-0.3, -0.25) is 14.5 Å². The molecule has 21 heavy (non-hydrogen) atoms. The molecule has 0 radical (unpaired) electrons. The van der Waals surface area contributed by atoms with E-state index in [9.17, 15) is 4.79 Å². The van der Waals surface area contributed by atoms with E-state index < -0.39 is 5.91 Å². The number of carbonyl (C=O) groups excluding carboxylic acids is 1. The molecule has 0 aliphatic rings. The van der Waals surface area contributed by atoms with Gasteiger partial charge in [0.25, 0.3) is 5.91 Å². The Bertz CT molecular complexity index is 750. The highest BCUT2D eigenvalue weighted by Gasteiger charge is 2.14. The van der Waals surface area contributed by atoms with Crippen LogP contribution >= 0.6 is 0 Å². The number of pyridine rings is 1. The van der Waals surface area contributed by atoms with E-state index in [2.05, 4.69) is 10.1 Å². The lowest BCUT2D eigenvalue weighted by molar-refractivity contribution is 0.0990. The van der Waals surface area contributed by atoms with E-state index in [0.717, 1.165) is 5.56 Å². The summed E-state index contributed by atoms with van der Waals surface area (Å²) in [5, 5.41) is 4.45. The van der Waals surface area contributed by atoms with Gasteiger partial charge in [0.1, 0.15) is 11.4 Å². The van der Waals surface area contributed by atoms with Crippen LogP contribution in [0.25, 0.3) is 11.4 Å². The molecule has 1 aromatic carbocycles. The minimum Gasteiger partial charge on any atom is -0.364 e. The molecule has 3 rings (SSSR count). The minimum absolute atomic E-state index is 0.375. The average molecular weight is 278 g/mol. The van der Waals surface area contributed by atoms with Crippen molar-refractivity contribution in [1.29, 1.82) is 0 Å². The molecule has 2 aromatic heterocycles.